The Kier molecular flexibility index (Phi) is 4.69. The molecule has 1 heterocycles. The van der Waals surface area contributed by atoms with Crippen molar-refractivity contribution in [2.45, 2.75) is 76.6 Å². The molecule has 2 aromatic rings. The van der Waals surface area contributed by atoms with Crippen molar-refractivity contribution < 1.29 is 4.43 Å². The van der Waals surface area contributed by atoms with Gasteiger partial charge in [0.1, 0.15) is 0 Å². The Bertz CT molecular complexity index is 710. The second-order valence-corrected chi connectivity index (χ2v) is 13.8. The summed E-state index contributed by atoms with van der Waals surface area (Å²) in [5.74, 6) is 0.553. The molecule has 1 saturated carbocycles. The fraction of sp³-hybridized carbons (Fsp3) is 0.619. The van der Waals surface area contributed by atoms with Crippen molar-refractivity contribution in [2.75, 3.05) is 0 Å². The summed E-state index contributed by atoms with van der Waals surface area (Å²) in [6.07, 6.45) is 7.65. The van der Waals surface area contributed by atoms with Crippen LogP contribution in [0.5, 0.6) is 0 Å². The van der Waals surface area contributed by atoms with Crippen LogP contribution in [-0.2, 0) is 11.5 Å². The van der Waals surface area contributed by atoms with Crippen LogP contribution in [0.4, 0.5) is 0 Å². The van der Waals surface area contributed by atoms with Crippen LogP contribution in [0.2, 0.25) is 18.1 Å². The van der Waals surface area contributed by atoms with E-state index in [0.717, 1.165) is 0 Å². The van der Waals surface area contributed by atoms with Gasteiger partial charge in [0.05, 0.1) is 6.10 Å². The van der Waals surface area contributed by atoms with Gasteiger partial charge in [-0.25, -0.2) is 0 Å². The van der Waals surface area contributed by atoms with Gasteiger partial charge >= 0.3 is 0 Å². The maximum Gasteiger partial charge on any atom is 0.192 e. The monoisotopic (exact) mass is 343 g/mol. The summed E-state index contributed by atoms with van der Waals surface area (Å²) in [5.41, 5.74) is 2.79. The minimum Gasteiger partial charge on any atom is -0.413 e. The Labute approximate surface area is 148 Å². The van der Waals surface area contributed by atoms with E-state index in [0.29, 0.717) is 12.0 Å². The third kappa shape index (κ3) is 3.34. The summed E-state index contributed by atoms with van der Waals surface area (Å²) in [4.78, 5) is 0. The molecular weight excluding hydrogens is 310 g/mol. The van der Waals surface area contributed by atoms with Crippen molar-refractivity contribution >= 4 is 19.2 Å². The zero-order chi connectivity index (χ0) is 17.5. The van der Waals surface area contributed by atoms with E-state index in [1.807, 2.05) is 0 Å². The zero-order valence-electron chi connectivity index (χ0n) is 16.2. The van der Waals surface area contributed by atoms with E-state index in [9.17, 15) is 0 Å². The average Bonchev–Trinajstić information content (AvgIpc) is 2.87. The Morgan fingerprint density at radius 1 is 1.08 bits per heavy atom. The average molecular weight is 344 g/mol. The van der Waals surface area contributed by atoms with Crippen molar-refractivity contribution in [3.05, 3.63) is 36.0 Å². The summed E-state index contributed by atoms with van der Waals surface area (Å²) in [6.45, 7) is 11.8. The summed E-state index contributed by atoms with van der Waals surface area (Å²) in [7, 11) is 0.396. The lowest BCUT2D eigenvalue weighted by atomic mass is 9.81. The highest BCUT2D eigenvalue weighted by molar-refractivity contribution is 6.74. The molecule has 0 spiro atoms. The minimum atomic E-state index is -1.72. The predicted octanol–water partition coefficient (Wildman–Crippen LogP) is 6.23. The molecule has 1 aliphatic rings. The first kappa shape index (κ1) is 17.8. The van der Waals surface area contributed by atoms with Crippen LogP contribution in [0.25, 0.3) is 10.9 Å². The summed E-state index contributed by atoms with van der Waals surface area (Å²) >= 11 is 0. The van der Waals surface area contributed by atoms with Gasteiger partial charge in [0.15, 0.2) is 8.32 Å². The fourth-order valence-electron chi connectivity index (χ4n) is 3.71. The Morgan fingerprint density at radius 2 is 1.79 bits per heavy atom. The standard InChI is InChI=1S/C21H33NOSi/c1-21(2,3)24(5,6)23-20-10-8-7-9-18(20)16-11-12-19-17(15-16)13-14-22(19)4/h11-15,18,20H,7-10H2,1-6H3/t18-,20+/m0/s1. The van der Waals surface area contributed by atoms with E-state index in [-0.39, 0.29) is 5.04 Å². The van der Waals surface area contributed by atoms with Gasteiger partial charge in [0, 0.05) is 24.7 Å². The fourth-order valence-corrected chi connectivity index (χ4v) is 5.10. The maximum atomic E-state index is 6.86. The highest BCUT2D eigenvalue weighted by atomic mass is 28.4. The van der Waals surface area contributed by atoms with Gasteiger partial charge in [-0.1, -0.05) is 39.7 Å². The van der Waals surface area contributed by atoms with E-state index >= 15 is 0 Å². The van der Waals surface area contributed by atoms with E-state index in [1.54, 1.807) is 0 Å². The summed E-state index contributed by atoms with van der Waals surface area (Å²) < 4.78 is 9.06. The lowest BCUT2D eigenvalue weighted by molar-refractivity contribution is 0.114. The van der Waals surface area contributed by atoms with Gasteiger partial charge in [0.25, 0.3) is 0 Å². The lowest BCUT2D eigenvalue weighted by Crippen LogP contribution is -2.46. The molecule has 0 saturated heterocycles. The van der Waals surface area contributed by atoms with E-state index < -0.39 is 8.32 Å². The lowest BCUT2D eigenvalue weighted by Gasteiger charge is -2.43. The number of fused-ring (bicyclic) bond motifs is 1. The third-order valence-electron chi connectivity index (χ3n) is 6.29. The van der Waals surface area contributed by atoms with E-state index in [4.69, 9.17) is 4.43 Å². The molecule has 2 nitrogen and oxygen atoms in total. The molecule has 0 unspecified atom stereocenters. The summed E-state index contributed by atoms with van der Waals surface area (Å²) in [5, 5.41) is 1.63. The van der Waals surface area contributed by atoms with Crippen LogP contribution >= 0.6 is 0 Å². The smallest absolute Gasteiger partial charge is 0.192 e. The molecule has 3 heteroatoms. The molecular formula is C21H33NOSi. The van der Waals surface area contributed by atoms with Crippen LogP contribution in [0.15, 0.2) is 30.5 Å². The maximum absolute atomic E-state index is 6.86. The van der Waals surface area contributed by atoms with Crippen molar-refractivity contribution in [3.8, 4) is 0 Å². The Hall–Kier alpha value is -1.06. The topological polar surface area (TPSA) is 14.2 Å². The highest BCUT2D eigenvalue weighted by Crippen LogP contribution is 2.43. The molecule has 1 aliphatic carbocycles. The molecule has 1 aromatic carbocycles. The van der Waals surface area contributed by atoms with Gasteiger partial charge in [-0.2, -0.15) is 0 Å². The number of benzene rings is 1. The number of aromatic nitrogens is 1. The Morgan fingerprint density at radius 3 is 2.50 bits per heavy atom. The first-order valence-electron chi connectivity index (χ1n) is 9.42. The summed E-state index contributed by atoms with van der Waals surface area (Å²) in [6, 6.07) is 9.24. The zero-order valence-corrected chi connectivity index (χ0v) is 17.2. The van der Waals surface area contributed by atoms with Gasteiger partial charge < -0.3 is 8.99 Å². The van der Waals surface area contributed by atoms with Crippen LogP contribution in [0.1, 0.15) is 57.9 Å². The van der Waals surface area contributed by atoms with Crippen molar-refractivity contribution in [1.29, 1.82) is 0 Å². The normalized spacial score (nSPS) is 22.9. The first-order valence-corrected chi connectivity index (χ1v) is 12.3. The van der Waals surface area contributed by atoms with Crippen molar-refractivity contribution in [2.24, 2.45) is 7.05 Å². The van der Waals surface area contributed by atoms with Crippen molar-refractivity contribution in [1.82, 2.24) is 4.57 Å². The highest BCUT2D eigenvalue weighted by Gasteiger charge is 2.41. The molecule has 132 valence electrons. The number of hydrogen-bond donors (Lipinski definition) is 0. The van der Waals surface area contributed by atoms with E-state index in [2.05, 4.69) is 75.9 Å². The molecule has 1 aromatic heterocycles. The molecule has 1 fully saturated rings. The molecule has 3 rings (SSSR count). The minimum absolute atomic E-state index is 0.276. The largest absolute Gasteiger partial charge is 0.413 e. The van der Waals surface area contributed by atoms with Crippen LogP contribution < -0.4 is 0 Å². The number of rotatable bonds is 3. The molecule has 0 amide bonds. The molecule has 0 aliphatic heterocycles. The van der Waals surface area contributed by atoms with Crippen LogP contribution in [-0.4, -0.2) is 19.0 Å². The SMILES string of the molecule is Cn1ccc2cc([C@@H]3CCCC[C@H]3O[Si](C)(C)C(C)(C)C)ccc21. The number of hydrogen-bond acceptors (Lipinski definition) is 1. The number of aryl methyl sites for hydroxylation is 1. The van der Waals surface area contributed by atoms with Gasteiger partial charge in [-0.05, 0) is 60.1 Å². The van der Waals surface area contributed by atoms with Gasteiger partial charge in [-0.15, -0.1) is 0 Å². The van der Waals surface area contributed by atoms with Crippen LogP contribution in [0, 0.1) is 0 Å². The van der Waals surface area contributed by atoms with Gasteiger partial charge in [0.2, 0.25) is 0 Å². The number of nitrogens with zero attached hydrogens (tertiary/aromatic N) is 1. The third-order valence-corrected chi connectivity index (χ3v) is 10.8. The second kappa shape index (κ2) is 6.34. The van der Waals surface area contributed by atoms with E-state index in [1.165, 1.54) is 42.1 Å². The molecule has 0 bridgehead atoms. The molecule has 24 heavy (non-hydrogen) atoms. The Balaban J connectivity index is 1.88. The quantitative estimate of drug-likeness (QED) is 0.603. The predicted molar refractivity (Wildman–Crippen MR) is 106 cm³/mol. The van der Waals surface area contributed by atoms with Crippen LogP contribution in [0.3, 0.4) is 0 Å². The molecule has 2 atom stereocenters. The van der Waals surface area contributed by atoms with Crippen molar-refractivity contribution in [3.63, 3.8) is 0 Å². The molecule has 0 N–H and O–H groups in total. The molecule has 0 radical (unpaired) electrons. The first-order chi connectivity index (χ1) is 11.2. The second-order valence-electron chi connectivity index (χ2n) is 9.05. The van der Waals surface area contributed by atoms with Gasteiger partial charge in [-0.3, -0.25) is 0 Å².